The van der Waals surface area contributed by atoms with Crippen LogP contribution in [0.4, 0.5) is 0 Å². The predicted molar refractivity (Wildman–Crippen MR) is 71.9 cm³/mol. The number of sulfone groups is 1. The summed E-state index contributed by atoms with van der Waals surface area (Å²) in [5, 5.41) is 4.09. The summed E-state index contributed by atoms with van der Waals surface area (Å²) in [4.78, 5) is 0.289. The lowest BCUT2D eigenvalue weighted by Gasteiger charge is -2.17. The van der Waals surface area contributed by atoms with Crippen LogP contribution in [0, 0.1) is 0 Å². The Labute approximate surface area is 112 Å². The fraction of sp³-hybridized carbons (Fsp3) is 0.250. The van der Waals surface area contributed by atoms with Crippen molar-refractivity contribution in [1.82, 2.24) is 15.2 Å². The normalized spacial score (nSPS) is 13.4. The van der Waals surface area contributed by atoms with Gasteiger partial charge in [0.05, 0.1) is 16.6 Å². The summed E-state index contributed by atoms with van der Waals surface area (Å²) in [5.74, 6) is 5.58. The standard InChI is InChI=1S/C12H16N4O2S/c1-16-11(7-8-14-16)12(15-13)9-3-5-10(6-4-9)19(2,17)18/h3-8,12,15H,13H2,1-2H3. The predicted octanol–water partition coefficient (Wildman–Crippen LogP) is 0.376. The molecule has 1 heterocycles. The molecule has 0 aliphatic heterocycles. The number of nitrogens with one attached hydrogen (secondary N) is 1. The maximum atomic E-state index is 11.4. The molecule has 1 aromatic carbocycles. The van der Waals surface area contributed by atoms with E-state index in [2.05, 4.69) is 10.5 Å². The van der Waals surface area contributed by atoms with E-state index in [4.69, 9.17) is 5.84 Å². The van der Waals surface area contributed by atoms with Crippen molar-refractivity contribution in [2.24, 2.45) is 12.9 Å². The molecule has 6 nitrogen and oxygen atoms in total. The summed E-state index contributed by atoms with van der Waals surface area (Å²) in [6.07, 6.45) is 2.87. The van der Waals surface area contributed by atoms with Crippen LogP contribution in [0.15, 0.2) is 41.4 Å². The molecule has 0 spiro atoms. The van der Waals surface area contributed by atoms with Crippen LogP contribution in [-0.4, -0.2) is 24.5 Å². The van der Waals surface area contributed by atoms with E-state index in [0.29, 0.717) is 0 Å². The Kier molecular flexibility index (Phi) is 3.70. The molecule has 0 aliphatic carbocycles. The molecule has 0 fully saturated rings. The fourth-order valence-electron chi connectivity index (χ4n) is 1.93. The molecule has 3 N–H and O–H groups in total. The third-order valence-corrected chi connectivity index (χ3v) is 4.09. The first kappa shape index (κ1) is 13.7. The van der Waals surface area contributed by atoms with Crippen molar-refractivity contribution in [2.75, 3.05) is 6.26 Å². The highest BCUT2D eigenvalue weighted by atomic mass is 32.2. The van der Waals surface area contributed by atoms with Gasteiger partial charge in [-0.1, -0.05) is 12.1 Å². The van der Waals surface area contributed by atoms with Crippen LogP contribution >= 0.6 is 0 Å². The van der Waals surface area contributed by atoms with E-state index < -0.39 is 9.84 Å². The number of hydrogen-bond acceptors (Lipinski definition) is 5. The van der Waals surface area contributed by atoms with Crippen molar-refractivity contribution >= 4 is 9.84 Å². The van der Waals surface area contributed by atoms with E-state index in [0.717, 1.165) is 11.3 Å². The topological polar surface area (TPSA) is 90.0 Å². The summed E-state index contributed by atoms with van der Waals surface area (Å²) >= 11 is 0. The number of benzene rings is 1. The lowest BCUT2D eigenvalue weighted by Crippen LogP contribution is -2.30. The summed E-state index contributed by atoms with van der Waals surface area (Å²) in [6.45, 7) is 0. The number of rotatable bonds is 4. The van der Waals surface area contributed by atoms with Crippen LogP contribution in [0.1, 0.15) is 17.3 Å². The van der Waals surface area contributed by atoms with Gasteiger partial charge in [0, 0.05) is 19.5 Å². The second-order valence-electron chi connectivity index (χ2n) is 4.32. The minimum absolute atomic E-state index is 0.235. The highest BCUT2D eigenvalue weighted by Gasteiger charge is 2.16. The van der Waals surface area contributed by atoms with Gasteiger partial charge in [0.2, 0.25) is 0 Å². The van der Waals surface area contributed by atoms with Crippen molar-refractivity contribution in [3.05, 3.63) is 47.8 Å². The van der Waals surface area contributed by atoms with Gasteiger partial charge in [0.25, 0.3) is 0 Å². The van der Waals surface area contributed by atoms with Gasteiger partial charge in [-0.25, -0.2) is 13.8 Å². The zero-order valence-corrected chi connectivity index (χ0v) is 11.6. The average Bonchev–Trinajstić information content (AvgIpc) is 2.76. The number of aryl methyl sites for hydroxylation is 1. The summed E-state index contributed by atoms with van der Waals surface area (Å²) in [5.41, 5.74) is 4.48. The number of nitrogens with zero attached hydrogens (tertiary/aromatic N) is 2. The monoisotopic (exact) mass is 280 g/mol. The smallest absolute Gasteiger partial charge is 0.175 e. The molecule has 0 aliphatic rings. The van der Waals surface area contributed by atoms with E-state index in [-0.39, 0.29) is 10.9 Å². The maximum Gasteiger partial charge on any atom is 0.175 e. The van der Waals surface area contributed by atoms with Gasteiger partial charge < -0.3 is 0 Å². The highest BCUT2D eigenvalue weighted by molar-refractivity contribution is 7.90. The molecule has 19 heavy (non-hydrogen) atoms. The number of hydrazine groups is 1. The Hall–Kier alpha value is -1.70. The van der Waals surface area contributed by atoms with Crippen LogP contribution in [0.3, 0.4) is 0 Å². The molecule has 0 radical (unpaired) electrons. The lowest BCUT2D eigenvalue weighted by molar-refractivity contribution is 0.574. The lowest BCUT2D eigenvalue weighted by atomic mass is 10.0. The zero-order chi connectivity index (χ0) is 14.0. The molecular formula is C12H16N4O2S. The van der Waals surface area contributed by atoms with Gasteiger partial charge in [-0.2, -0.15) is 5.10 Å². The Bertz CT molecular complexity index is 661. The molecule has 7 heteroatoms. The molecule has 1 atom stereocenters. The van der Waals surface area contributed by atoms with Crippen LogP contribution < -0.4 is 11.3 Å². The Balaban J connectivity index is 2.38. The number of aromatic nitrogens is 2. The maximum absolute atomic E-state index is 11.4. The number of nitrogens with two attached hydrogens (primary N) is 1. The van der Waals surface area contributed by atoms with Gasteiger partial charge in [0.1, 0.15) is 0 Å². The first-order valence-electron chi connectivity index (χ1n) is 5.67. The number of hydrogen-bond donors (Lipinski definition) is 2. The Morgan fingerprint density at radius 2 is 1.89 bits per heavy atom. The average molecular weight is 280 g/mol. The van der Waals surface area contributed by atoms with Crippen molar-refractivity contribution in [3.8, 4) is 0 Å². The van der Waals surface area contributed by atoms with Crippen LogP contribution in [0.5, 0.6) is 0 Å². The van der Waals surface area contributed by atoms with Gasteiger partial charge in [-0.15, -0.1) is 0 Å². The molecule has 0 bridgehead atoms. The van der Waals surface area contributed by atoms with E-state index in [1.54, 1.807) is 35.1 Å². The molecule has 2 rings (SSSR count). The molecule has 1 aromatic heterocycles. The molecule has 0 amide bonds. The second-order valence-corrected chi connectivity index (χ2v) is 6.34. The first-order chi connectivity index (χ1) is 8.93. The zero-order valence-electron chi connectivity index (χ0n) is 10.7. The summed E-state index contributed by atoms with van der Waals surface area (Å²) in [7, 11) is -1.36. The first-order valence-corrected chi connectivity index (χ1v) is 7.56. The van der Waals surface area contributed by atoms with Crippen LogP contribution in [-0.2, 0) is 16.9 Å². The van der Waals surface area contributed by atoms with E-state index in [1.807, 2.05) is 13.1 Å². The minimum Gasteiger partial charge on any atom is -0.271 e. The molecule has 0 saturated carbocycles. The third-order valence-electron chi connectivity index (χ3n) is 2.96. The van der Waals surface area contributed by atoms with E-state index in [1.165, 1.54) is 6.26 Å². The quantitative estimate of drug-likeness (QED) is 0.624. The molecule has 1 unspecified atom stereocenters. The van der Waals surface area contributed by atoms with Crippen LogP contribution in [0.25, 0.3) is 0 Å². The minimum atomic E-state index is -3.18. The molecule has 0 saturated heterocycles. The second kappa shape index (κ2) is 5.12. The third kappa shape index (κ3) is 2.83. The largest absolute Gasteiger partial charge is 0.271 e. The SMILES string of the molecule is Cn1nccc1C(NN)c1ccc(S(C)(=O)=O)cc1. The van der Waals surface area contributed by atoms with Crippen LogP contribution in [0.2, 0.25) is 0 Å². The van der Waals surface area contributed by atoms with Gasteiger partial charge in [0.15, 0.2) is 9.84 Å². The highest BCUT2D eigenvalue weighted by Crippen LogP contribution is 2.22. The van der Waals surface area contributed by atoms with Crippen molar-refractivity contribution in [1.29, 1.82) is 0 Å². The Morgan fingerprint density at radius 1 is 1.26 bits per heavy atom. The van der Waals surface area contributed by atoms with Crippen molar-refractivity contribution < 1.29 is 8.42 Å². The Morgan fingerprint density at radius 3 is 2.32 bits per heavy atom. The fourth-order valence-corrected chi connectivity index (χ4v) is 2.56. The van der Waals surface area contributed by atoms with E-state index >= 15 is 0 Å². The van der Waals surface area contributed by atoms with Gasteiger partial charge in [-0.3, -0.25) is 10.5 Å². The van der Waals surface area contributed by atoms with Gasteiger partial charge >= 0.3 is 0 Å². The summed E-state index contributed by atoms with van der Waals surface area (Å²) in [6, 6.07) is 8.26. The molecular weight excluding hydrogens is 264 g/mol. The van der Waals surface area contributed by atoms with Gasteiger partial charge in [-0.05, 0) is 23.8 Å². The molecule has 102 valence electrons. The summed E-state index contributed by atoms with van der Waals surface area (Å²) < 4.78 is 24.5. The molecule has 2 aromatic rings. The van der Waals surface area contributed by atoms with E-state index in [9.17, 15) is 8.42 Å². The van der Waals surface area contributed by atoms with Crippen molar-refractivity contribution in [2.45, 2.75) is 10.9 Å². The van der Waals surface area contributed by atoms with Crippen molar-refractivity contribution in [3.63, 3.8) is 0 Å².